The molecular weight excluding hydrogens is 235 g/mol. The van der Waals surface area contributed by atoms with Gasteiger partial charge in [-0.3, -0.25) is 9.48 Å². The number of nitrogens with zero attached hydrogens (tertiary/aromatic N) is 4. The Balaban J connectivity index is 2.12. The number of amides is 1. The molecule has 0 fully saturated rings. The molecule has 5 nitrogen and oxygen atoms in total. The Labute approximate surface area is 104 Å². The summed E-state index contributed by atoms with van der Waals surface area (Å²) >= 11 is 0. The van der Waals surface area contributed by atoms with Gasteiger partial charge in [-0.1, -0.05) is 0 Å². The van der Waals surface area contributed by atoms with Crippen molar-refractivity contribution in [2.75, 3.05) is 7.05 Å². The molecule has 0 atom stereocenters. The van der Waals surface area contributed by atoms with Crippen molar-refractivity contribution >= 4 is 5.91 Å². The fourth-order valence-electron chi connectivity index (χ4n) is 1.65. The van der Waals surface area contributed by atoms with E-state index in [1.54, 1.807) is 25.0 Å². The van der Waals surface area contributed by atoms with Gasteiger partial charge in [0.1, 0.15) is 0 Å². The molecule has 6 heteroatoms. The summed E-state index contributed by atoms with van der Waals surface area (Å²) in [6, 6.07) is 2.96. The minimum atomic E-state index is -0.750. The molecule has 2 aromatic rings. The number of aryl methyl sites for hydroxylation is 1. The van der Waals surface area contributed by atoms with Gasteiger partial charge in [-0.15, -0.1) is 0 Å². The SMILES string of the molecule is CN(Cc1cnn(C)c1)C(=O)c1cccnc1F. The van der Waals surface area contributed by atoms with Crippen LogP contribution >= 0.6 is 0 Å². The summed E-state index contributed by atoms with van der Waals surface area (Å²) in [4.78, 5) is 16.9. The van der Waals surface area contributed by atoms with Gasteiger partial charge in [-0.05, 0) is 12.1 Å². The van der Waals surface area contributed by atoms with Crippen LogP contribution in [0.4, 0.5) is 4.39 Å². The van der Waals surface area contributed by atoms with Crippen molar-refractivity contribution in [3.63, 3.8) is 0 Å². The first-order chi connectivity index (χ1) is 8.58. The molecule has 0 bridgehead atoms. The number of hydrogen-bond donors (Lipinski definition) is 0. The van der Waals surface area contributed by atoms with Gasteiger partial charge < -0.3 is 4.90 Å². The first kappa shape index (κ1) is 12.2. The summed E-state index contributed by atoms with van der Waals surface area (Å²) in [5.74, 6) is -1.15. The van der Waals surface area contributed by atoms with E-state index in [-0.39, 0.29) is 5.56 Å². The smallest absolute Gasteiger partial charge is 0.258 e. The number of halogens is 1. The van der Waals surface area contributed by atoms with Gasteiger partial charge in [0.05, 0.1) is 11.8 Å². The molecule has 1 amide bonds. The molecule has 0 aromatic carbocycles. The van der Waals surface area contributed by atoms with Crippen LogP contribution in [0.15, 0.2) is 30.7 Å². The van der Waals surface area contributed by atoms with Crippen LogP contribution in [-0.4, -0.2) is 32.6 Å². The topological polar surface area (TPSA) is 51.0 Å². The Morgan fingerprint density at radius 1 is 1.56 bits per heavy atom. The van der Waals surface area contributed by atoms with E-state index >= 15 is 0 Å². The van der Waals surface area contributed by atoms with Crippen LogP contribution in [0, 0.1) is 5.95 Å². The monoisotopic (exact) mass is 248 g/mol. The number of carbonyl (C=O) groups excluding carboxylic acids is 1. The maximum atomic E-state index is 13.4. The molecular formula is C12H13FN4O. The molecule has 18 heavy (non-hydrogen) atoms. The zero-order chi connectivity index (χ0) is 13.1. The van der Waals surface area contributed by atoms with E-state index < -0.39 is 11.9 Å². The Morgan fingerprint density at radius 3 is 2.94 bits per heavy atom. The molecule has 0 aliphatic rings. The van der Waals surface area contributed by atoms with E-state index in [1.165, 1.54) is 23.2 Å². The van der Waals surface area contributed by atoms with Crippen molar-refractivity contribution in [2.24, 2.45) is 7.05 Å². The Kier molecular flexibility index (Phi) is 3.36. The number of aromatic nitrogens is 3. The van der Waals surface area contributed by atoms with Gasteiger partial charge in [0.15, 0.2) is 0 Å². The minimum Gasteiger partial charge on any atom is -0.337 e. The summed E-state index contributed by atoms with van der Waals surface area (Å²) in [7, 11) is 3.41. The van der Waals surface area contributed by atoms with Crippen molar-refractivity contribution < 1.29 is 9.18 Å². The highest BCUT2D eigenvalue weighted by Gasteiger charge is 2.17. The summed E-state index contributed by atoms with van der Waals surface area (Å²) in [6.07, 6.45) is 4.79. The lowest BCUT2D eigenvalue weighted by atomic mass is 10.2. The molecule has 0 radical (unpaired) electrons. The normalized spacial score (nSPS) is 10.4. The molecule has 0 saturated carbocycles. The second-order valence-electron chi connectivity index (χ2n) is 4.03. The van der Waals surface area contributed by atoms with Crippen LogP contribution in [0.25, 0.3) is 0 Å². The highest BCUT2D eigenvalue weighted by Crippen LogP contribution is 2.09. The first-order valence-corrected chi connectivity index (χ1v) is 5.41. The molecule has 0 spiro atoms. The number of rotatable bonds is 3. The van der Waals surface area contributed by atoms with Gasteiger partial charge >= 0.3 is 0 Å². The predicted octanol–water partition coefficient (Wildman–Crippen LogP) is 1.23. The quantitative estimate of drug-likeness (QED) is 0.767. The van der Waals surface area contributed by atoms with Crippen LogP contribution < -0.4 is 0 Å². The van der Waals surface area contributed by atoms with Crippen LogP contribution in [-0.2, 0) is 13.6 Å². The second kappa shape index (κ2) is 4.95. The van der Waals surface area contributed by atoms with E-state index in [4.69, 9.17) is 0 Å². The molecule has 2 aromatic heterocycles. The Morgan fingerprint density at radius 2 is 2.33 bits per heavy atom. The van der Waals surface area contributed by atoms with Crippen molar-refractivity contribution in [2.45, 2.75) is 6.54 Å². The van der Waals surface area contributed by atoms with E-state index in [9.17, 15) is 9.18 Å². The zero-order valence-corrected chi connectivity index (χ0v) is 10.2. The fraction of sp³-hybridized carbons (Fsp3) is 0.250. The average molecular weight is 248 g/mol. The number of hydrogen-bond acceptors (Lipinski definition) is 3. The minimum absolute atomic E-state index is 0.0242. The predicted molar refractivity (Wildman–Crippen MR) is 63.2 cm³/mol. The highest BCUT2D eigenvalue weighted by atomic mass is 19.1. The third kappa shape index (κ3) is 2.53. The average Bonchev–Trinajstić information content (AvgIpc) is 2.74. The molecule has 2 rings (SSSR count). The number of pyridine rings is 1. The summed E-state index contributed by atoms with van der Waals surface area (Å²) in [6.45, 7) is 0.376. The summed E-state index contributed by atoms with van der Waals surface area (Å²) in [5, 5.41) is 4.01. The van der Waals surface area contributed by atoms with Crippen LogP contribution in [0.2, 0.25) is 0 Å². The first-order valence-electron chi connectivity index (χ1n) is 5.41. The number of carbonyl (C=O) groups is 1. The highest BCUT2D eigenvalue weighted by molar-refractivity contribution is 5.93. The third-order valence-electron chi connectivity index (χ3n) is 2.51. The fourth-order valence-corrected chi connectivity index (χ4v) is 1.65. The lowest BCUT2D eigenvalue weighted by Crippen LogP contribution is -2.27. The van der Waals surface area contributed by atoms with Crippen LogP contribution in [0.1, 0.15) is 15.9 Å². The van der Waals surface area contributed by atoms with Crippen molar-refractivity contribution in [1.29, 1.82) is 0 Å². The van der Waals surface area contributed by atoms with Crippen molar-refractivity contribution in [1.82, 2.24) is 19.7 Å². The lowest BCUT2D eigenvalue weighted by molar-refractivity contribution is 0.0779. The Bertz CT molecular complexity index is 567. The molecule has 0 aliphatic heterocycles. The van der Waals surface area contributed by atoms with Crippen LogP contribution in [0.5, 0.6) is 0 Å². The van der Waals surface area contributed by atoms with Gasteiger partial charge in [0.2, 0.25) is 5.95 Å². The maximum Gasteiger partial charge on any atom is 0.258 e. The summed E-state index contributed by atoms with van der Waals surface area (Å²) < 4.78 is 15.0. The molecule has 94 valence electrons. The zero-order valence-electron chi connectivity index (χ0n) is 10.2. The second-order valence-corrected chi connectivity index (χ2v) is 4.03. The van der Waals surface area contributed by atoms with Crippen molar-refractivity contribution in [3.05, 3.63) is 47.8 Å². The lowest BCUT2D eigenvalue weighted by Gasteiger charge is -2.16. The molecule has 0 aliphatic carbocycles. The standard InChI is InChI=1S/C12H13FN4O/c1-16(7-9-6-15-17(2)8-9)12(18)10-4-3-5-14-11(10)13/h3-6,8H,7H2,1-2H3. The molecule has 0 N–H and O–H groups in total. The van der Waals surface area contributed by atoms with E-state index in [2.05, 4.69) is 10.1 Å². The van der Waals surface area contributed by atoms with Gasteiger partial charge in [0.25, 0.3) is 5.91 Å². The molecule has 0 saturated heterocycles. The molecule has 2 heterocycles. The largest absolute Gasteiger partial charge is 0.337 e. The van der Waals surface area contributed by atoms with Crippen molar-refractivity contribution in [3.8, 4) is 0 Å². The Hall–Kier alpha value is -2.24. The van der Waals surface area contributed by atoms with Gasteiger partial charge in [0, 0.05) is 38.6 Å². The van der Waals surface area contributed by atoms with E-state index in [0.717, 1.165) is 5.56 Å². The maximum absolute atomic E-state index is 13.4. The van der Waals surface area contributed by atoms with E-state index in [0.29, 0.717) is 6.54 Å². The van der Waals surface area contributed by atoms with Crippen LogP contribution in [0.3, 0.4) is 0 Å². The van der Waals surface area contributed by atoms with Gasteiger partial charge in [-0.25, -0.2) is 4.98 Å². The van der Waals surface area contributed by atoms with Gasteiger partial charge in [-0.2, -0.15) is 9.49 Å². The third-order valence-corrected chi connectivity index (χ3v) is 2.51. The molecule has 0 unspecified atom stereocenters. The van der Waals surface area contributed by atoms with E-state index in [1.807, 2.05) is 6.20 Å². The summed E-state index contributed by atoms with van der Waals surface area (Å²) in [5.41, 5.74) is 0.863.